The topological polar surface area (TPSA) is 100.0 Å². The van der Waals surface area contributed by atoms with E-state index in [4.69, 9.17) is 15.0 Å². The third-order valence-electron chi connectivity index (χ3n) is 3.70. The first-order chi connectivity index (χ1) is 9.69. The highest BCUT2D eigenvalue weighted by atomic mass is 16.5. The summed E-state index contributed by atoms with van der Waals surface area (Å²) in [5.74, 6) is 1.41. The smallest absolute Gasteiger partial charge is 0.234 e. The molecule has 2 aromatic heterocycles. The summed E-state index contributed by atoms with van der Waals surface area (Å²) >= 11 is 0. The highest BCUT2D eigenvalue weighted by Gasteiger charge is 2.33. The van der Waals surface area contributed by atoms with Crippen molar-refractivity contribution < 1.29 is 9.26 Å². The van der Waals surface area contributed by atoms with E-state index in [0.717, 1.165) is 12.8 Å². The molecule has 0 saturated heterocycles. The van der Waals surface area contributed by atoms with Crippen LogP contribution in [0.25, 0.3) is 11.5 Å². The monoisotopic (exact) mass is 277 g/mol. The van der Waals surface area contributed by atoms with E-state index in [1.807, 2.05) is 0 Å². The number of hydrogen-bond donors (Lipinski definition) is 1. The molecule has 0 spiro atoms. The van der Waals surface area contributed by atoms with Crippen LogP contribution in [0.4, 0.5) is 0 Å². The average Bonchev–Trinajstić information content (AvgIpc) is 3.00. The zero-order chi connectivity index (χ0) is 14.6. The fraction of sp³-hybridized carbons (Fsp3) is 0.538. The third-order valence-corrected chi connectivity index (χ3v) is 3.70. The molecule has 7 nitrogen and oxygen atoms in total. The Balaban J connectivity index is 2.32. The first kappa shape index (κ1) is 14.4. The molecule has 2 heterocycles. The predicted octanol–water partition coefficient (Wildman–Crippen LogP) is 1.55. The molecule has 0 unspecified atom stereocenters. The summed E-state index contributed by atoms with van der Waals surface area (Å²) in [5, 5.41) is 11.9. The van der Waals surface area contributed by atoms with Gasteiger partial charge in [-0.2, -0.15) is 4.98 Å². The molecule has 0 aromatic carbocycles. The molecule has 0 aliphatic rings. The molecule has 0 radical (unpaired) electrons. The number of aromatic nitrogens is 4. The lowest BCUT2D eigenvalue weighted by Gasteiger charge is -2.24. The lowest BCUT2D eigenvalue weighted by molar-refractivity contribution is 0.267. The molecule has 7 heteroatoms. The third kappa shape index (κ3) is 2.49. The number of nitrogens with two attached hydrogens (primary N) is 1. The summed E-state index contributed by atoms with van der Waals surface area (Å²) in [6.07, 6.45) is 1.69. The van der Waals surface area contributed by atoms with Gasteiger partial charge in [-0.05, 0) is 18.9 Å². The maximum Gasteiger partial charge on any atom is 0.234 e. The lowest BCUT2D eigenvalue weighted by atomic mass is 9.82. The van der Waals surface area contributed by atoms with Gasteiger partial charge in [-0.25, -0.2) is 0 Å². The van der Waals surface area contributed by atoms with E-state index in [1.165, 1.54) is 7.11 Å². The lowest BCUT2D eigenvalue weighted by Crippen LogP contribution is -2.34. The van der Waals surface area contributed by atoms with Crippen LogP contribution in [-0.2, 0) is 5.41 Å². The second-order valence-electron chi connectivity index (χ2n) is 4.58. The molecule has 0 atom stereocenters. The van der Waals surface area contributed by atoms with Gasteiger partial charge in [0.05, 0.1) is 12.5 Å². The number of nitrogens with zero attached hydrogens (tertiary/aromatic N) is 4. The van der Waals surface area contributed by atoms with Crippen molar-refractivity contribution in [2.45, 2.75) is 32.1 Å². The largest absolute Gasteiger partial charge is 0.480 e. The van der Waals surface area contributed by atoms with Crippen LogP contribution in [0.5, 0.6) is 5.88 Å². The van der Waals surface area contributed by atoms with E-state index in [2.05, 4.69) is 34.2 Å². The van der Waals surface area contributed by atoms with Gasteiger partial charge in [0.1, 0.15) is 5.69 Å². The van der Waals surface area contributed by atoms with Crippen molar-refractivity contribution in [2.75, 3.05) is 13.7 Å². The van der Waals surface area contributed by atoms with E-state index in [1.54, 1.807) is 12.1 Å². The standard InChI is InChI=1S/C13H19N5O2/c1-4-13(5-2,8-14)12-15-11(18-20-12)9-6-7-10(19-3)17-16-9/h6-7H,4-5,8,14H2,1-3H3. The van der Waals surface area contributed by atoms with Gasteiger partial charge in [-0.15, -0.1) is 10.2 Å². The van der Waals surface area contributed by atoms with Crippen molar-refractivity contribution in [3.8, 4) is 17.4 Å². The fourth-order valence-electron chi connectivity index (χ4n) is 2.02. The minimum atomic E-state index is -0.273. The summed E-state index contributed by atoms with van der Waals surface area (Å²) in [6, 6.07) is 3.44. The molecule has 0 saturated carbocycles. The maximum atomic E-state index is 5.87. The molecule has 0 amide bonds. The second kappa shape index (κ2) is 5.96. The average molecular weight is 277 g/mol. The van der Waals surface area contributed by atoms with Crippen LogP contribution in [0.15, 0.2) is 16.7 Å². The number of ether oxygens (including phenoxy) is 1. The number of rotatable bonds is 6. The molecule has 0 bridgehead atoms. The Hall–Kier alpha value is -2.02. The minimum Gasteiger partial charge on any atom is -0.480 e. The fourth-order valence-corrected chi connectivity index (χ4v) is 2.02. The Kier molecular flexibility index (Phi) is 4.29. The van der Waals surface area contributed by atoms with Crippen molar-refractivity contribution in [3.05, 3.63) is 18.0 Å². The highest BCUT2D eigenvalue weighted by molar-refractivity contribution is 5.47. The van der Waals surface area contributed by atoms with Gasteiger partial charge in [0.15, 0.2) is 0 Å². The van der Waals surface area contributed by atoms with E-state index in [0.29, 0.717) is 29.8 Å². The molecule has 2 rings (SSSR count). The molecule has 2 N–H and O–H groups in total. The molecular formula is C13H19N5O2. The van der Waals surface area contributed by atoms with Crippen molar-refractivity contribution in [3.63, 3.8) is 0 Å². The van der Waals surface area contributed by atoms with Crippen molar-refractivity contribution in [1.82, 2.24) is 20.3 Å². The van der Waals surface area contributed by atoms with Gasteiger partial charge in [0.2, 0.25) is 17.6 Å². The van der Waals surface area contributed by atoms with Gasteiger partial charge in [-0.1, -0.05) is 19.0 Å². The van der Waals surface area contributed by atoms with E-state index < -0.39 is 0 Å². The van der Waals surface area contributed by atoms with Crippen LogP contribution < -0.4 is 10.5 Å². The van der Waals surface area contributed by atoms with E-state index in [-0.39, 0.29) is 5.41 Å². The number of methoxy groups -OCH3 is 1. The molecule has 2 aromatic rings. The SMILES string of the molecule is CCC(CC)(CN)c1nc(-c2ccc(OC)nn2)no1. The van der Waals surface area contributed by atoms with Gasteiger partial charge >= 0.3 is 0 Å². The molecule has 0 aliphatic heterocycles. The Labute approximate surface area is 117 Å². The van der Waals surface area contributed by atoms with E-state index >= 15 is 0 Å². The minimum absolute atomic E-state index is 0.273. The van der Waals surface area contributed by atoms with Crippen molar-refractivity contribution in [1.29, 1.82) is 0 Å². The summed E-state index contributed by atoms with van der Waals surface area (Å²) < 4.78 is 10.3. The van der Waals surface area contributed by atoms with Crippen molar-refractivity contribution in [2.24, 2.45) is 5.73 Å². The summed E-state index contributed by atoms with van der Waals surface area (Å²) in [4.78, 5) is 4.42. The van der Waals surface area contributed by atoms with Crippen LogP contribution in [0.1, 0.15) is 32.6 Å². The van der Waals surface area contributed by atoms with Crippen LogP contribution in [0.3, 0.4) is 0 Å². The van der Waals surface area contributed by atoms with Gasteiger partial charge in [0, 0.05) is 12.6 Å². The van der Waals surface area contributed by atoms with Gasteiger partial charge in [0.25, 0.3) is 0 Å². The molecular weight excluding hydrogens is 258 g/mol. The first-order valence-corrected chi connectivity index (χ1v) is 6.61. The Morgan fingerprint density at radius 1 is 1.25 bits per heavy atom. The van der Waals surface area contributed by atoms with Gasteiger partial charge in [-0.3, -0.25) is 0 Å². The second-order valence-corrected chi connectivity index (χ2v) is 4.58. The van der Waals surface area contributed by atoms with Crippen molar-refractivity contribution >= 4 is 0 Å². The zero-order valence-corrected chi connectivity index (χ0v) is 12.0. The maximum absolute atomic E-state index is 5.87. The van der Waals surface area contributed by atoms with Gasteiger partial charge < -0.3 is 15.0 Å². The Bertz CT molecular complexity index is 540. The van der Waals surface area contributed by atoms with Crippen LogP contribution >= 0.6 is 0 Å². The van der Waals surface area contributed by atoms with Crippen LogP contribution in [0.2, 0.25) is 0 Å². The summed E-state index contributed by atoms with van der Waals surface area (Å²) in [5.41, 5.74) is 6.14. The molecule has 108 valence electrons. The summed E-state index contributed by atoms with van der Waals surface area (Å²) in [6.45, 7) is 4.59. The normalized spacial score (nSPS) is 11.6. The predicted molar refractivity (Wildman–Crippen MR) is 73.2 cm³/mol. The van der Waals surface area contributed by atoms with Crippen LogP contribution in [0, 0.1) is 0 Å². The zero-order valence-electron chi connectivity index (χ0n) is 12.0. The van der Waals surface area contributed by atoms with Crippen LogP contribution in [-0.4, -0.2) is 34.0 Å². The Morgan fingerprint density at radius 2 is 2.00 bits per heavy atom. The Morgan fingerprint density at radius 3 is 2.50 bits per heavy atom. The quantitative estimate of drug-likeness (QED) is 0.854. The molecule has 0 fully saturated rings. The molecule has 20 heavy (non-hydrogen) atoms. The number of hydrogen-bond acceptors (Lipinski definition) is 7. The highest BCUT2D eigenvalue weighted by Crippen LogP contribution is 2.30. The molecule has 0 aliphatic carbocycles. The van der Waals surface area contributed by atoms with E-state index in [9.17, 15) is 0 Å². The summed E-state index contributed by atoms with van der Waals surface area (Å²) in [7, 11) is 1.54. The first-order valence-electron chi connectivity index (χ1n) is 6.61.